The van der Waals surface area contributed by atoms with Crippen LogP contribution in [0.15, 0.2) is 30.5 Å². The summed E-state index contributed by atoms with van der Waals surface area (Å²) in [4.78, 5) is 40.1. The van der Waals surface area contributed by atoms with E-state index in [1.54, 1.807) is 0 Å². The van der Waals surface area contributed by atoms with E-state index in [-0.39, 0.29) is 49.4 Å². The SMILES string of the molecule is COc1cn(-c2cccc(C(F)(F)F)c2)nc1C(=O)N1CCN(C(=O)C(=O)NC2CC2)CC1. The standard InChI is InChI=1S/C21H22F3N5O4/c1-33-16-12-29(15-4-2-3-13(11-15)21(22,23)24)26-17(16)19(31)27-7-9-28(10-8-27)20(32)18(30)25-14-5-6-14/h2-4,11-12,14H,5-10H2,1H3,(H,25,30). The first-order chi connectivity index (χ1) is 15.7. The molecule has 9 nitrogen and oxygen atoms in total. The molecule has 0 radical (unpaired) electrons. The number of alkyl halides is 3. The smallest absolute Gasteiger partial charge is 0.416 e. The Hall–Kier alpha value is -3.57. The summed E-state index contributed by atoms with van der Waals surface area (Å²) in [5, 5.41) is 6.81. The number of halogens is 3. The van der Waals surface area contributed by atoms with Crippen LogP contribution in [0.1, 0.15) is 28.9 Å². The maximum absolute atomic E-state index is 13.0. The average molecular weight is 465 g/mol. The predicted octanol–water partition coefficient (Wildman–Crippen LogP) is 1.46. The number of methoxy groups -OCH3 is 1. The number of ether oxygens (including phenoxy) is 1. The lowest BCUT2D eigenvalue weighted by molar-refractivity contribution is -0.146. The van der Waals surface area contributed by atoms with E-state index in [2.05, 4.69) is 10.4 Å². The fourth-order valence-electron chi connectivity index (χ4n) is 3.49. The van der Waals surface area contributed by atoms with Gasteiger partial charge in [0.25, 0.3) is 5.91 Å². The Morgan fingerprint density at radius 3 is 2.36 bits per heavy atom. The maximum Gasteiger partial charge on any atom is 0.416 e. The summed E-state index contributed by atoms with van der Waals surface area (Å²) in [6, 6.07) is 4.64. The first-order valence-electron chi connectivity index (χ1n) is 10.4. The van der Waals surface area contributed by atoms with Gasteiger partial charge in [-0.1, -0.05) is 6.07 Å². The zero-order valence-corrected chi connectivity index (χ0v) is 17.8. The molecule has 2 aliphatic rings. The van der Waals surface area contributed by atoms with Gasteiger partial charge >= 0.3 is 18.0 Å². The fourth-order valence-corrected chi connectivity index (χ4v) is 3.49. The van der Waals surface area contributed by atoms with E-state index in [9.17, 15) is 27.6 Å². The molecule has 1 aliphatic carbocycles. The molecule has 0 unspecified atom stereocenters. The minimum atomic E-state index is -4.52. The molecule has 1 aromatic heterocycles. The Labute approximate surface area is 187 Å². The zero-order valence-electron chi connectivity index (χ0n) is 17.8. The second-order valence-electron chi connectivity index (χ2n) is 7.87. The largest absolute Gasteiger partial charge is 0.493 e. The Balaban J connectivity index is 1.45. The second kappa shape index (κ2) is 8.75. The van der Waals surface area contributed by atoms with Crippen LogP contribution in [-0.4, -0.2) is 76.6 Å². The monoisotopic (exact) mass is 465 g/mol. The van der Waals surface area contributed by atoms with Crippen LogP contribution >= 0.6 is 0 Å². The van der Waals surface area contributed by atoms with Crippen molar-refractivity contribution in [3.63, 3.8) is 0 Å². The lowest BCUT2D eigenvalue weighted by Gasteiger charge is -2.34. The quantitative estimate of drug-likeness (QED) is 0.690. The van der Waals surface area contributed by atoms with Crippen LogP contribution < -0.4 is 10.1 Å². The number of aromatic nitrogens is 2. The van der Waals surface area contributed by atoms with Crippen molar-refractivity contribution in [2.24, 2.45) is 0 Å². The minimum Gasteiger partial charge on any atom is -0.493 e. The Morgan fingerprint density at radius 2 is 1.76 bits per heavy atom. The summed E-state index contributed by atoms with van der Waals surface area (Å²) in [6.45, 7) is 0.723. The molecule has 0 atom stereocenters. The van der Waals surface area contributed by atoms with Gasteiger partial charge in [0.05, 0.1) is 24.6 Å². The summed E-state index contributed by atoms with van der Waals surface area (Å²) >= 11 is 0. The molecule has 1 saturated carbocycles. The van der Waals surface area contributed by atoms with Crippen molar-refractivity contribution >= 4 is 17.7 Å². The Bertz CT molecular complexity index is 1070. The molecule has 2 fully saturated rings. The molecule has 12 heteroatoms. The molecule has 1 aromatic carbocycles. The van der Waals surface area contributed by atoms with Crippen LogP contribution in [0.25, 0.3) is 5.69 Å². The predicted molar refractivity (Wildman–Crippen MR) is 109 cm³/mol. The van der Waals surface area contributed by atoms with Gasteiger partial charge in [0, 0.05) is 32.2 Å². The third-order valence-electron chi connectivity index (χ3n) is 5.50. The Kier molecular flexibility index (Phi) is 6.00. The molecule has 33 heavy (non-hydrogen) atoms. The molecule has 0 bridgehead atoms. The summed E-state index contributed by atoms with van der Waals surface area (Å²) in [5.74, 6) is -1.63. The number of hydrogen-bond acceptors (Lipinski definition) is 5. The van der Waals surface area contributed by atoms with Crippen LogP contribution in [-0.2, 0) is 15.8 Å². The molecule has 3 amide bonds. The summed E-state index contributed by atoms with van der Waals surface area (Å²) in [5.41, 5.74) is -0.769. The number of hydrogen-bond donors (Lipinski definition) is 1. The van der Waals surface area contributed by atoms with Crippen LogP contribution in [0.2, 0.25) is 0 Å². The van der Waals surface area contributed by atoms with Crippen molar-refractivity contribution < 1.29 is 32.3 Å². The van der Waals surface area contributed by atoms with E-state index >= 15 is 0 Å². The normalized spacial score (nSPS) is 16.5. The van der Waals surface area contributed by atoms with Crippen molar-refractivity contribution in [1.29, 1.82) is 0 Å². The van der Waals surface area contributed by atoms with Gasteiger partial charge in [0.2, 0.25) is 0 Å². The topological polar surface area (TPSA) is 96.8 Å². The molecule has 4 rings (SSSR count). The third-order valence-corrected chi connectivity index (χ3v) is 5.50. The molecule has 2 aromatic rings. The number of rotatable bonds is 4. The summed E-state index contributed by atoms with van der Waals surface area (Å²) < 4.78 is 45.5. The summed E-state index contributed by atoms with van der Waals surface area (Å²) in [6.07, 6.45) is -1.43. The molecule has 0 spiro atoms. The van der Waals surface area contributed by atoms with Gasteiger partial charge in [-0.2, -0.15) is 18.3 Å². The van der Waals surface area contributed by atoms with Gasteiger partial charge in [0.15, 0.2) is 11.4 Å². The maximum atomic E-state index is 13.0. The third kappa shape index (κ3) is 4.94. The van der Waals surface area contributed by atoms with Gasteiger partial charge in [-0.3, -0.25) is 14.4 Å². The highest BCUT2D eigenvalue weighted by atomic mass is 19.4. The number of carbonyl (C=O) groups is 3. The molecule has 176 valence electrons. The van der Waals surface area contributed by atoms with E-state index in [4.69, 9.17) is 4.74 Å². The van der Waals surface area contributed by atoms with Crippen molar-refractivity contribution in [2.45, 2.75) is 25.1 Å². The lowest BCUT2D eigenvalue weighted by Crippen LogP contribution is -2.54. The van der Waals surface area contributed by atoms with Crippen molar-refractivity contribution in [1.82, 2.24) is 24.9 Å². The van der Waals surface area contributed by atoms with Gasteiger partial charge < -0.3 is 19.9 Å². The number of nitrogens with one attached hydrogen (secondary N) is 1. The Morgan fingerprint density at radius 1 is 1.09 bits per heavy atom. The average Bonchev–Trinajstić information content (AvgIpc) is 3.52. The number of amides is 3. The molecule has 1 N–H and O–H groups in total. The first kappa shape index (κ1) is 22.6. The summed E-state index contributed by atoms with van der Waals surface area (Å²) in [7, 11) is 1.33. The van der Waals surface area contributed by atoms with E-state index in [0.29, 0.717) is 0 Å². The number of piperazine rings is 1. The van der Waals surface area contributed by atoms with E-state index < -0.39 is 29.5 Å². The molecule has 1 aliphatic heterocycles. The van der Waals surface area contributed by atoms with Gasteiger partial charge in [-0.25, -0.2) is 4.68 Å². The molecule has 1 saturated heterocycles. The van der Waals surface area contributed by atoms with Crippen LogP contribution in [0.5, 0.6) is 5.75 Å². The highest BCUT2D eigenvalue weighted by molar-refractivity contribution is 6.35. The van der Waals surface area contributed by atoms with Crippen LogP contribution in [0, 0.1) is 0 Å². The van der Waals surface area contributed by atoms with Gasteiger partial charge in [0.1, 0.15) is 0 Å². The van der Waals surface area contributed by atoms with Crippen molar-refractivity contribution in [3.05, 3.63) is 41.7 Å². The van der Waals surface area contributed by atoms with E-state index in [0.717, 1.165) is 29.7 Å². The van der Waals surface area contributed by atoms with Gasteiger partial charge in [-0.05, 0) is 31.0 Å². The van der Waals surface area contributed by atoms with Crippen molar-refractivity contribution in [3.8, 4) is 11.4 Å². The van der Waals surface area contributed by atoms with Crippen molar-refractivity contribution in [2.75, 3.05) is 33.3 Å². The second-order valence-corrected chi connectivity index (χ2v) is 7.87. The number of carbonyl (C=O) groups excluding carboxylic acids is 3. The first-order valence-corrected chi connectivity index (χ1v) is 10.4. The number of nitrogens with zero attached hydrogens (tertiary/aromatic N) is 4. The highest BCUT2D eigenvalue weighted by Crippen LogP contribution is 2.31. The van der Waals surface area contributed by atoms with Crippen LogP contribution in [0.3, 0.4) is 0 Å². The highest BCUT2D eigenvalue weighted by Gasteiger charge is 2.33. The van der Waals surface area contributed by atoms with Gasteiger partial charge in [-0.15, -0.1) is 0 Å². The minimum absolute atomic E-state index is 0.0545. The molecule has 2 heterocycles. The number of benzene rings is 1. The van der Waals surface area contributed by atoms with E-state index in [1.807, 2.05) is 0 Å². The lowest BCUT2D eigenvalue weighted by atomic mass is 10.2. The van der Waals surface area contributed by atoms with Crippen LogP contribution in [0.4, 0.5) is 13.2 Å². The molecular weight excluding hydrogens is 443 g/mol. The zero-order chi connectivity index (χ0) is 23.8. The fraction of sp³-hybridized carbons (Fsp3) is 0.429. The van der Waals surface area contributed by atoms with E-state index in [1.165, 1.54) is 35.2 Å². The molecular formula is C21H22F3N5O4.